The molecule has 3 heterocycles. The number of nitrogens with zero attached hydrogens (tertiary/aromatic N) is 5. The third kappa shape index (κ3) is 7.00. The van der Waals surface area contributed by atoms with E-state index in [1.807, 2.05) is 24.3 Å². The Kier molecular flexibility index (Phi) is 8.32. The number of nitrogens with two attached hydrogens (primary N) is 1. The van der Waals surface area contributed by atoms with Crippen molar-refractivity contribution in [1.29, 1.82) is 0 Å². The molecule has 0 aliphatic carbocycles. The molecule has 1 aliphatic rings. The van der Waals surface area contributed by atoms with E-state index in [2.05, 4.69) is 37.1 Å². The summed E-state index contributed by atoms with van der Waals surface area (Å²) < 4.78 is 41.0. The first-order valence-electron chi connectivity index (χ1n) is 12.3. The highest BCUT2D eigenvalue weighted by Crippen LogP contribution is 2.33. The van der Waals surface area contributed by atoms with Gasteiger partial charge in [0.2, 0.25) is 11.9 Å². The average Bonchev–Trinajstić information content (AvgIpc) is 2.88. The second-order valence-electron chi connectivity index (χ2n) is 9.10. The lowest BCUT2D eigenvalue weighted by Gasteiger charge is -2.31. The molecule has 4 rings (SSSR count). The molecule has 1 saturated heterocycles. The summed E-state index contributed by atoms with van der Waals surface area (Å²) in [5, 5.41) is 3.02. The lowest BCUT2D eigenvalue weighted by atomic mass is 9.89. The lowest BCUT2D eigenvalue weighted by molar-refractivity contribution is -0.138. The Bertz CT molecular complexity index is 1210. The van der Waals surface area contributed by atoms with Gasteiger partial charge in [-0.1, -0.05) is 19.1 Å². The highest BCUT2D eigenvalue weighted by atomic mass is 19.4. The molecule has 0 bridgehead atoms. The summed E-state index contributed by atoms with van der Waals surface area (Å²) in [7, 11) is 0. The zero-order chi connectivity index (χ0) is 26.4. The van der Waals surface area contributed by atoms with Crippen LogP contribution in [-0.2, 0) is 30.2 Å². The van der Waals surface area contributed by atoms with Crippen molar-refractivity contribution in [2.75, 3.05) is 25.0 Å². The third-order valence-corrected chi connectivity index (χ3v) is 6.65. The number of hydrogen-bond acceptors (Lipinski definition) is 7. The maximum absolute atomic E-state index is 13.7. The summed E-state index contributed by atoms with van der Waals surface area (Å²) in [5.41, 5.74) is 6.87. The predicted molar refractivity (Wildman–Crippen MR) is 133 cm³/mol. The summed E-state index contributed by atoms with van der Waals surface area (Å²) in [6, 6.07) is 7.90. The van der Waals surface area contributed by atoms with E-state index < -0.39 is 17.6 Å². The van der Waals surface area contributed by atoms with E-state index in [-0.39, 0.29) is 30.9 Å². The molecule has 2 aromatic heterocycles. The topological polar surface area (TPSA) is 110 Å². The van der Waals surface area contributed by atoms with Crippen molar-refractivity contribution in [3.8, 4) is 0 Å². The molecule has 8 nitrogen and oxygen atoms in total. The highest BCUT2D eigenvalue weighted by molar-refractivity contribution is 5.76. The molecular formula is C26H30F3N7O. The standard InChI is InChI=1S/C26H30F3N7O/c1-2-36-13-9-18(10-14-36)17-3-5-19(6-4-17)34-25-33-16-20(26(27,28)29)21(35-25)7-8-22-23(15-24(30)37)32-12-11-31-22/h3-6,11-12,16,18H,2,7-10,13-15H2,1H3,(H2,30,37)(H,33,34,35). The van der Waals surface area contributed by atoms with Gasteiger partial charge in [-0.05, 0) is 68.9 Å². The van der Waals surface area contributed by atoms with Gasteiger partial charge in [-0.25, -0.2) is 9.97 Å². The molecule has 0 radical (unpaired) electrons. The van der Waals surface area contributed by atoms with Gasteiger partial charge >= 0.3 is 6.18 Å². The molecule has 0 unspecified atom stereocenters. The predicted octanol–water partition coefficient (Wildman–Crippen LogP) is 4.04. The van der Waals surface area contributed by atoms with Crippen LogP contribution in [0.3, 0.4) is 0 Å². The number of carbonyl (C=O) groups is 1. The van der Waals surface area contributed by atoms with Crippen LogP contribution in [-0.4, -0.2) is 50.4 Å². The minimum absolute atomic E-state index is 0.0636. The smallest absolute Gasteiger partial charge is 0.369 e. The minimum atomic E-state index is -4.61. The van der Waals surface area contributed by atoms with Gasteiger partial charge in [-0.15, -0.1) is 0 Å². The molecule has 0 saturated carbocycles. The SMILES string of the molecule is CCN1CCC(c2ccc(Nc3ncc(C(F)(F)F)c(CCc4nccnc4CC(N)=O)n3)cc2)CC1. The summed E-state index contributed by atoms with van der Waals surface area (Å²) in [6.45, 7) is 5.41. The van der Waals surface area contributed by atoms with Crippen LogP contribution in [0.4, 0.5) is 24.8 Å². The monoisotopic (exact) mass is 513 g/mol. The van der Waals surface area contributed by atoms with E-state index in [0.29, 0.717) is 23.0 Å². The molecule has 3 aromatic rings. The number of alkyl halides is 3. The molecule has 1 aliphatic heterocycles. The van der Waals surface area contributed by atoms with Crippen LogP contribution >= 0.6 is 0 Å². The highest BCUT2D eigenvalue weighted by Gasteiger charge is 2.35. The van der Waals surface area contributed by atoms with Crippen LogP contribution in [0.5, 0.6) is 0 Å². The number of hydrogen-bond donors (Lipinski definition) is 2. The summed E-state index contributed by atoms with van der Waals surface area (Å²) in [5.74, 6) is -0.0153. The van der Waals surface area contributed by atoms with Gasteiger partial charge in [0.25, 0.3) is 0 Å². The average molecular weight is 514 g/mol. The van der Waals surface area contributed by atoms with Gasteiger partial charge in [0.1, 0.15) is 0 Å². The number of carbonyl (C=O) groups excluding carboxylic acids is 1. The summed E-state index contributed by atoms with van der Waals surface area (Å²) in [6.07, 6.45) is 1.15. The quantitative estimate of drug-likeness (QED) is 0.444. The van der Waals surface area contributed by atoms with Crippen molar-refractivity contribution in [3.63, 3.8) is 0 Å². The first-order chi connectivity index (χ1) is 17.7. The molecule has 0 atom stereocenters. The van der Waals surface area contributed by atoms with E-state index in [4.69, 9.17) is 5.73 Å². The largest absolute Gasteiger partial charge is 0.419 e. The number of primary amides is 1. The second-order valence-corrected chi connectivity index (χ2v) is 9.10. The van der Waals surface area contributed by atoms with Gasteiger partial charge in [0, 0.05) is 24.3 Å². The van der Waals surface area contributed by atoms with Gasteiger partial charge in [-0.2, -0.15) is 13.2 Å². The number of likely N-dealkylation sites (tertiary alicyclic amines) is 1. The van der Waals surface area contributed by atoms with E-state index in [1.165, 1.54) is 18.0 Å². The molecule has 1 amide bonds. The maximum Gasteiger partial charge on any atom is 0.419 e. The number of amides is 1. The normalized spacial score (nSPS) is 15.0. The van der Waals surface area contributed by atoms with Gasteiger partial charge in [-0.3, -0.25) is 14.8 Å². The fourth-order valence-corrected chi connectivity index (χ4v) is 4.61. The Balaban J connectivity index is 1.48. The third-order valence-electron chi connectivity index (χ3n) is 6.65. The van der Waals surface area contributed by atoms with E-state index in [0.717, 1.165) is 38.7 Å². The zero-order valence-electron chi connectivity index (χ0n) is 20.6. The molecular weight excluding hydrogens is 483 g/mol. The van der Waals surface area contributed by atoms with Gasteiger partial charge in [0.15, 0.2) is 0 Å². The Hall–Kier alpha value is -3.60. The Morgan fingerprint density at radius 2 is 1.68 bits per heavy atom. The van der Waals surface area contributed by atoms with E-state index in [1.54, 1.807) is 0 Å². The molecule has 0 spiro atoms. The van der Waals surface area contributed by atoms with Crippen LogP contribution in [0.25, 0.3) is 0 Å². The number of halogens is 3. The number of aryl methyl sites for hydroxylation is 2. The van der Waals surface area contributed by atoms with Crippen LogP contribution < -0.4 is 11.1 Å². The molecule has 3 N–H and O–H groups in total. The van der Waals surface area contributed by atoms with Crippen LogP contribution in [0, 0.1) is 0 Å². The van der Waals surface area contributed by atoms with Crippen molar-refractivity contribution in [2.45, 2.75) is 51.1 Å². The maximum atomic E-state index is 13.7. The van der Waals surface area contributed by atoms with Gasteiger partial charge in [0.05, 0.1) is 29.1 Å². The van der Waals surface area contributed by atoms with E-state index >= 15 is 0 Å². The Labute approximate surface area is 213 Å². The van der Waals surface area contributed by atoms with Crippen LogP contribution in [0.2, 0.25) is 0 Å². The van der Waals surface area contributed by atoms with Crippen molar-refractivity contribution in [1.82, 2.24) is 24.8 Å². The van der Waals surface area contributed by atoms with Crippen molar-refractivity contribution in [2.24, 2.45) is 5.73 Å². The Morgan fingerprint density at radius 3 is 2.30 bits per heavy atom. The second kappa shape index (κ2) is 11.6. The molecule has 1 aromatic carbocycles. The molecule has 11 heteroatoms. The fourth-order valence-electron chi connectivity index (χ4n) is 4.61. The first kappa shape index (κ1) is 26.5. The van der Waals surface area contributed by atoms with E-state index in [9.17, 15) is 18.0 Å². The van der Waals surface area contributed by atoms with Crippen molar-refractivity contribution < 1.29 is 18.0 Å². The number of benzene rings is 1. The van der Waals surface area contributed by atoms with Crippen molar-refractivity contribution in [3.05, 3.63) is 71.1 Å². The number of rotatable bonds is 9. The summed E-state index contributed by atoms with van der Waals surface area (Å²) in [4.78, 5) is 30.1. The number of anilines is 2. The number of piperidine rings is 1. The summed E-state index contributed by atoms with van der Waals surface area (Å²) >= 11 is 0. The zero-order valence-corrected chi connectivity index (χ0v) is 20.6. The lowest BCUT2D eigenvalue weighted by Crippen LogP contribution is -2.32. The van der Waals surface area contributed by atoms with Crippen molar-refractivity contribution >= 4 is 17.5 Å². The Morgan fingerprint density at radius 1 is 1.03 bits per heavy atom. The first-order valence-corrected chi connectivity index (χ1v) is 12.3. The number of nitrogens with one attached hydrogen (secondary N) is 1. The minimum Gasteiger partial charge on any atom is -0.369 e. The number of aromatic nitrogens is 4. The molecule has 37 heavy (non-hydrogen) atoms. The molecule has 196 valence electrons. The molecule has 1 fully saturated rings. The van der Waals surface area contributed by atoms with Crippen LogP contribution in [0.15, 0.2) is 42.9 Å². The fraction of sp³-hybridized carbons (Fsp3) is 0.423. The van der Waals surface area contributed by atoms with Gasteiger partial charge < -0.3 is 16.0 Å². The van der Waals surface area contributed by atoms with Crippen LogP contribution in [0.1, 0.15) is 53.9 Å².